The minimum Gasteiger partial charge on any atom is -0.508 e. The second kappa shape index (κ2) is 10.2. The van der Waals surface area contributed by atoms with Crippen molar-refractivity contribution >= 4 is 12.0 Å². The molecule has 0 aromatic heterocycles. The van der Waals surface area contributed by atoms with Gasteiger partial charge in [-0.25, -0.2) is 4.79 Å². The number of phenolic OH excluding ortho intramolecular Hbond substituents is 1. The van der Waals surface area contributed by atoms with E-state index < -0.39 is 17.7 Å². The molecular weight excluding hydrogens is 440 g/mol. The van der Waals surface area contributed by atoms with E-state index in [0.717, 1.165) is 23.1 Å². The van der Waals surface area contributed by atoms with Gasteiger partial charge in [0.25, 0.3) is 0 Å². The number of hydrogen-bond donors (Lipinski definition) is 2. The van der Waals surface area contributed by atoms with Crippen LogP contribution in [0.25, 0.3) is 0 Å². The molecule has 0 fully saturated rings. The van der Waals surface area contributed by atoms with Crippen molar-refractivity contribution in [3.63, 3.8) is 0 Å². The quantitative estimate of drug-likeness (QED) is 0.548. The number of amides is 2. The molecule has 3 aromatic carbocycles. The molecule has 0 aliphatic carbocycles. The molecule has 2 N–H and O–H groups in total. The first-order chi connectivity index (χ1) is 16.7. The first-order valence-corrected chi connectivity index (χ1v) is 11.9. The second-order valence-electron chi connectivity index (χ2n) is 9.86. The van der Waals surface area contributed by atoms with E-state index in [2.05, 4.69) is 17.4 Å². The van der Waals surface area contributed by atoms with Crippen molar-refractivity contribution < 1.29 is 19.4 Å². The molecule has 182 valence electrons. The number of hydrogen-bond acceptors (Lipinski definition) is 4. The van der Waals surface area contributed by atoms with Gasteiger partial charge in [-0.1, -0.05) is 66.7 Å². The van der Waals surface area contributed by atoms with Crippen molar-refractivity contribution in [2.75, 3.05) is 6.54 Å². The Morgan fingerprint density at radius 3 is 2.34 bits per heavy atom. The third-order valence-electron chi connectivity index (χ3n) is 6.05. The Morgan fingerprint density at radius 2 is 1.66 bits per heavy atom. The minimum atomic E-state index is -0.828. The standard InChI is InChI=1S/C29H32N2O4/c1-29(2,3)35-28(34)30-25(19-20-13-15-23(32)16-14-20)27(33)31-18-17-21-9-7-8-12-24(21)26(31)22-10-5-4-6-11-22/h4-16,25-26,32H,17-19H2,1-3H3,(H,30,34)/t25-,26?/m0/s1. The van der Waals surface area contributed by atoms with Gasteiger partial charge in [-0.3, -0.25) is 4.79 Å². The van der Waals surface area contributed by atoms with E-state index in [9.17, 15) is 14.7 Å². The van der Waals surface area contributed by atoms with Gasteiger partial charge in [0.1, 0.15) is 17.4 Å². The van der Waals surface area contributed by atoms with Crippen LogP contribution >= 0.6 is 0 Å². The van der Waals surface area contributed by atoms with Crippen molar-refractivity contribution in [2.24, 2.45) is 0 Å². The predicted octanol–water partition coefficient (Wildman–Crippen LogP) is 5.00. The van der Waals surface area contributed by atoms with Crippen LogP contribution in [0.1, 0.15) is 49.1 Å². The summed E-state index contributed by atoms with van der Waals surface area (Å²) in [6.07, 6.45) is 0.380. The molecule has 0 saturated heterocycles. The first kappa shape index (κ1) is 24.3. The summed E-state index contributed by atoms with van der Waals surface area (Å²) in [4.78, 5) is 28.6. The molecule has 2 atom stereocenters. The molecule has 0 bridgehead atoms. The molecule has 6 heteroatoms. The fourth-order valence-electron chi connectivity index (χ4n) is 4.52. The lowest BCUT2D eigenvalue weighted by Crippen LogP contribution is -2.53. The lowest BCUT2D eigenvalue weighted by molar-refractivity contribution is -0.135. The van der Waals surface area contributed by atoms with Crippen LogP contribution in [-0.2, 0) is 22.4 Å². The van der Waals surface area contributed by atoms with Gasteiger partial charge < -0.3 is 20.1 Å². The van der Waals surface area contributed by atoms with Crippen molar-refractivity contribution in [3.05, 3.63) is 101 Å². The molecule has 0 saturated carbocycles. The minimum absolute atomic E-state index is 0.147. The fourth-order valence-corrected chi connectivity index (χ4v) is 4.52. The zero-order valence-corrected chi connectivity index (χ0v) is 20.4. The Labute approximate surface area is 206 Å². The van der Waals surface area contributed by atoms with Crippen LogP contribution in [0.3, 0.4) is 0 Å². The highest BCUT2D eigenvalue weighted by Crippen LogP contribution is 2.35. The summed E-state index contributed by atoms with van der Waals surface area (Å²) in [5, 5.41) is 12.5. The number of nitrogens with one attached hydrogen (secondary N) is 1. The maximum atomic E-state index is 14.1. The van der Waals surface area contributed by atoms with Crippen LogP contribution < -0.4 is 5.32 Å². The number of nitrogens with zero attached hydrogens (tertiary/aromatic N) is 1. The van der Waals surface area contributed by atoms with Crippen molar-refractivity contribution in [2.45, 2.75) is 51.3 Å². The van der Waals surface area contributed by atoms with Crippen molar-refractivity contribution in [1.29, 1.82) is 0 Å². The normalized spacial score (nSPS) is 16.2. The van der Waals surface area contributed by atoms with Crippen LogP contribution in [0.15, 0.2) is 78.9 Å². The Balaban J connectivity index is 1.68. The summed E-state index contributed by atoms with van der Waals surface area (Å²) >= 11 is 0. The van der Waals surface area contributed by atoms with Crippen LogP contribution in [-0.4, -0.2) is 40.2 Å². The summed E-state index contributed by atoms with van der Waals surface area (Å²) in [7, 11) is 0. The number of ether oxygens (including phenoxy) is 1. The van der Waals surface area contributed by atoms with Crippen LogP contribution in [0.2, 0.25) is 0 Å². The number of rotatable bonds is 5. The van der Waals surface area contributed by atoms with E-state index in [1.54, 1.807) is 45.0 Å². The van der Waals surface area contributed by atoms with Gasteiger partial charge in [-0.2, -0.15) is 0 Å². The van der Waals surface area contributed by atoms with Gasteiger partial charge in [0.2, 0.25) is 5.91 Å². The Morgan fingerprint density at radius 1 is 1.00 bits per heavy atom. The molecule has 35 heavy (non-hydrogen) atoms. The molecule has 1 heterocycles. The molecular formula is C29H32N2O4. The highest BCUT2D eigenvalue weighted by atomic mass is 16.6. The van der Waals surface area contributed by atoms with Gasteiger partial charge >= 0.3 is 6.09 Å². The molecule has 1 aliphatic heterocycles. The highest BCUT2D eigenvalue weighted by molar-refractivity contribution is 5.87. The lowest BCUT2D eigenvalue weighted by atomic mass is 9.87. The van der Waals surface area contributed by atoms with Crippen molar-refractivity contribution in [1.82, 2.24) is 10.2 Å². The Hall–Kier alpha value is -3.80. The van der Waals surface area contributed by atoms with Gasteiger partial charge in [-0.05, 0) is 61.6 Å². The molecule has 0 spiro atoms. The summed E-state index contributed by atoms with van der Waals surface area (Å²) in [5.41, 5.74) is 3.48. The molecule has 1 aliphatic rings. The molecule has 0 radical (unpaired) electrons. The number of phenols is 1. The van der Waals surface area contributed by atoms with E-state index in [-0.39, 0.29) is 24.1 Å². The Kier molecular flexibility index (Phi) is 7.10. The molecule has 2 amide bonds. The number of carbonyl (C=O) groups is 2. The number of alkyl carbamates (subject to hydrolysis) is 1. The second-order valence-corrected chi connectivity index (χ2v) is 9.86. The van der Waals surface area contributed by atoms with Gasteiger partial charge in [0, 0.05) is 13.0 Å². The molecule has 6 nitrogen and oxygen atoms in total. The number of carbonyl (C=O) groups excluding carboxylic acids is 2. The maximum Gasteiger partial charge on any atom is 0.408 e. The number of fused-ring (bicyclic) bond motifs is 1. The first-order valence-electron chi connectivity index (χ1n) is 11.9. The average Bonchev–Trinajstić information content (AvgIpc) is 2.83. The van der Waals surface area contributed by atoms with E-state index >= 15 is 0 Å². The topological polar surface area (TPSA) is 78.9 Å². The van der Waals surface area contributed by atoms with E-state index in [0.29, 0.717) is 6.54 Å². The average molecular weight is 473 g/mol. The van der Waals surface area contributed by atoms with Crippen LogP contribution in [0.4, 0.5) is 4.79 Å². The molecule has 3 aromatic rings. The number of aromatic hydroxyl groups is 1. The Bertz CT molecular complexity index is 1170. The third-order valence-corrected chi connectivity index (χ3v) is 6.05. The zero-order chi connectivity index (χ0) is 25.0. The SMILES string of the molecule is CC(C)(C)OC(=O)N[C@@H](Cc1ccc(O)cc1)C(=O)N1CCc2ccccc2C1c1ccccc1. The summed E-state index contributed by atoms with van der Waals surface area (Å²) in [5.74, 6) is -0.0270. The van der Waals surface area contributed by atoms with Gasteiger partial charge in [0.15, 0.2) is 0 Å². The van der Waals surface area contributed by atoms with Crippen molar-refractivity contribution in [3.8, 4) is 5.75 Å². The third kappa shape index (κ3) is 6.01. The molecule has 4 rings (SSSR count). The van der Waals surface area contributed by atoms with Crippen LogP contribution in [0, 0.1) is 0 Å². The maximum absolute atomic E-state index is 14.1. The predicted molar refractivity (Wildman–Crippen MR) is 135 cm³/mol. The fraction of sp³-hybridized carbons (Fsp3) is 0.310. The summed E-state index contributed by atoms with van der Waals surface area (Å²) in [6, 6.07) is 23.8. The summed E-state index contributed by atoms with van der Waals surface area (Å²) in [6.45, 7) is 5.90. The largest absolute Gasteiger partial charge is 0.508 e. The van der Waals surface area contributed by atoms with Crippen LogP contribution in [0.5, 0.6) is 5.75 Å². The monoisotopic (exact) mass is 472 g/mol. The van der Waals surface area contributed by atoms with Gasteiger partial charge in [0.05, 0.1) is 6.04 Å². The van der Waals surface area contributed by atoms with E-state index in [1.807, 2.05) is 47.4 Å². The zero-order valence-electron chi connectivity index (χ0n) is 20.4. The van der Waals surface area contributed by atoms with E-state index in [1.165, 1.54) is 5.56 Å². The lowest BCUT2D eigenvalue weighted by Gasteiger charge is -2.39. The highest BCUT2D eigenvalue weighted by Gasteiger charge is 2.36. The smallest absolute Gasteiger partial charge is 0.408 e. The summed E-state index contributed by atoms with van der Waals surface area (Å²) < 4.78 is 5.47. The van der Waals surface area contributed by atoms with E-state index in [4.69, 9.17) is 4.74 Å². The molecule has 1 unspecified atom stereocenters. The number of benzene rings is 3. The van der Waals surface area contributed by atoms with Gasteiger partial charge in [-0.15, -0.1) is 0 Å².